The topological polar surface area (TPSA) is 52.3 Å². The van der Waals surface area contributed by atoms with E-state index >= 15 is 0 Å². The Labute approximate surface area is 112 Å². The summed E-state index contributed by atoms with van der Waals surface area (Å²) in [7, 11) is 0. The Kier molecular flexibility index (Phi) is 5.29. The number of nitrogen functional groups attached to an aromatic ring is 1. The fraction of sp³-hybridized carbons (Fsp3) is 0.250. The first-order chi connectivity index (χ1) is 8.78. The molecule has 0 saturated carbocycles. The first kappa shape index (κ1) is 15.4. The highest BCUT2D eigenvalue weighted by Crippen LogP contribution is 2.29. The summed E-state index contributed by atoms with van der Waals surface area (Å²) in [6, 6.07) is 4.09. The van der Waals surface area contributed by atoms with Crippen LogP contribution in [0.4, 0.5) is 18.9 Å². The van der Waals surface area contributed by atoms with Gasteiger partial charge in [-0.2, -0.15) is 0 Å². The molecule has 3 nitrogen and oxygen atoms in total. The molecule has 1 rings (SSSR count). The number of carbonyl (C=O) groups excluding carboxylic acids is 1. The molecule has 0 fully saturated rings. The summed E-state index contributed by atoms with van der Waals surface area (Å²) in [5, 5.41) is -0.0250. The first-order valence-corrected chi connectivity index (χ1v) is 6.21. The molecule has 0 radical (unpaired) electrons. The molecule has 1 aromatic carbocycles. The quantitative estimate of drug-likeness (QED) is 0.863. The molecule has 0 amide bonds. The van der Waals surface area contributed by atoms with Crippen LogP contribution in [0.1, 0.15) is 12.5 Å². The number of anilines is 1. The van der Waals surface area contributed by atoms with Gasteiger partial charge in [-0.25, -0.2) is 0 Å². The van der Waals surface area contributed by atoms with E-state index in [2.05, 4.69) is 4.74 Å². The van der Waals surface area contributed by atoms with Crippen molar-refractivity contribution in [3.63, 3.8) is 0 Å². The lowest BCUT2D eigenvalue weighted by atomic mass is 10.2. The zero-order chi connectivity index (χ0) is 14.5. The minimum Gasteiger partial charge on any atom is -0.404 e. The highest BCUT2D eigenvalue weighted by atomic mass is 32.2. The van der Waals surface area contributed by atoms with E-state index in [1.165, 1.54) is 19.1 Å². The highest BCUT2D eigenvalue weighted by molar-refractivity contribution is 8.13. The van der Waals surface area contributed by atoms with Crippen molar-refractivity contribution in [3.8, 4) is 5.75 Å². The zero-order valence-corrected chi connectivity index (χ0v) is 10.8. The van der Waals surface area contributed by atoms with Crippen LogP contribution in [-0.2, 0) is 4.79 Å². The van der Waals surface area contributed by atoms with Crippen LogP contribution in [0.25, 0.3) is 6.08 Å². The molecular weight excluding hydrogens is 279 g/mol. The number of ether oxygens (including phenoxy) is 1. The Morgan fingerprint density at radius 1 is 1.47 bits per heavy atom. The number of hydrogen-bond donors (Lipinski definition) is 1. The Balaban J connectivity index is 2.76. The van der Waals surface area contributed by atoms with Crippen molar-refractivity contribution >= 4 is 28.6 Å². The van der Waals surface area contributed by atoms with Gasteiger partial charge in [-0.05, 0) is 17.7 Å². The SMILES string of the molecule is CC(=O)SCC=Cc1ccc(N)c(OC(F)(F)F)c1. The third-order valence-corrected chi connectivity index (χ3v) is 2.72. The van der Waals surface area contributed by atoms with Gasteiger partial charge in [0.2, 0.25) is 0 Å². The van der Waals surface area contributed by atoms with Gasteiger partial charge in [0.05, 0.1) is 5.69 Å². The molecule has 0 spiro atoms. The second-order valence-electron chi connectivity index (χ2n) is 3.55. The molecule has 0 aliphatic carbocycles. The van der Waals surface area contributed by atoms with E-state index in [0.717, 1.165) is 11.8 Å². The van der Waals surface area contributed by atoms with Gasteiger partial charge in [-0.3, -0.25) is 4.79 Å². The molecule has 0 bridgehead atoms. The minimum absolute atomic E-state index is 0.0250. The van der Waals surface area contributed by atoms with Gasteiger partial charge >= 0.3 is 6.36 Å². The maximum Gasteiger partial charge on any atom is 0.573 e. The Morgan fingerprint density at radius 2 is 2.16 bits per heavy atom. The first-order valence-electron chi connectivity index (χ1n) is 5.23. The normalized spacial score (nSPS) is 11.8. The Bertz CT molecular complexity index is 486. The van der Waals surface area contributed by atoms with Crippen LogP contribution >= 0.6 is 11.8 Å². The van der Waals surface area contributed by atoms with Gasteiger partial charge in [-0.1, -0.05) is 30.0 Å². The standard InChI is InChI=1S/C12H12F3NO2S/c1-8(17)19-6-2-3-9-4-5-10(16)11(7-9)18-12(13,14)15/h2-5,7H,6,16H2,1H3. The Hall–Kier alpha value is -1.63. The summed E-state index contributed by atoms with van der Waals surface area (Å²) in [4.78, 5) is 10.7. The number of nitrogens with two attached hydrogens (primary N) is 1. The minimum atomic E-state index is -4.78. The largest absolute Gasteiger partial charge is 0.573 e. The molecule has 0 aromatic heterocycles. The lowest BCUT2D eigenvalue weighted by molar-refractivity contribution is -0.274. The number of hydrogen-bond acceptors (Lipinski definition) is 4. The van der Waals surface area contributed by atoms with E-state index in [0.29, 0.717) is 11.3 Å². The number of thioether (sulfide) groups is 1. The maximum atomic E-state index is 12.1. The number of halogens is 3. The van der Waals surface area contributed by atoms with E-state index < -0.39 is 12.1 Å². The van der Waals surface area contributed by atoms with Crippen molar-refractivity contribution in [1.29, 1.82) is 0 Å². The van der Waals surface area contributed by atoms with Gasteiger partial charge in [0.25, 0.3) is 0 Å². The van der Waals surface area contributed by atoms with Crippen molar-refractivity contribution in [2.24, 2.45) is 0 Å². The van der Waals surface area contributed by atoms with Gasteiger partial charge in [0, 0.05) is 12.7 Å². The van der Waals surface area contributed by atoms with E-state index in [1.54, 1.807) is 18.2 Å². The second-order valence-corrected chi connectivity index (χ2v) is 4.75. The molecule has 0 aliphatic heterocycles. The molecule has 104 valence electrons. The van der Waals surface area contributed by atoms with Gasteiger partial charge in [-0.15, -0.1) is 13.2 Å². The van der Waals surface area contributed by atoms with Crippen molar-refractivity contribution in [2.75, 3.05) is 11.5 Å². The third kappa shape index (κ3) is 6.19. The Morgan fingerprint density at radius 3 is 2.74 bits per heavy atom. The summed E-state index contributed by atoms with van der Waals surface area (Å²) < 4.78 is 40.1. The van der Waals surface area contributed by atoms with Crippen LogP contribution in [0.3, 0.4) is 0 Å². The van der Waals surface area contributed by atoms with Crippen molar-refractivity contribution in [2.45, 2.75) is 13.3 Å². The molecule has 1 aromatic rings. The smallest absolute Gasteiger partial charge is 0.404 e. The second kappa shape index (κ2) is 6.51. The van der Waals surface area contributed by atoms with E-state index in [1.807, 2.05) is 0 Å². The fourth-order valence-corrected chi connectivity index (χ4v) is 1.64. The van der Waals surface area contributed by atoms with E-state index in [9.17, 15) is 18.0 Å². The van der Waals surface area contributed by atoms with Crippen LogP contribution in [0.15, 0.2) is 24.3 Å². The van der Waals surface area contributed by atoms with Crippen molar-refractivity contribution in [3.05, 3.63) is 29.8 Å². The van der Waals surface area contributed by atoms with Crippen molar-refractivity contribution in [1.82, 2.24) is 0 Å². The number of rotatable bonds is 4. The van der Waals surface area contributed by atoms with Crippen LogP contribution in [0.5, 0.6) is 5.75 Å². The molecule has 0 saturated heterocycles. The molecule has 7 heteroatoms. The third-order valence-electron chi connectivity index (χ3n) is 1.96. The summed E-state index contributed by atoms with van der Waals surface area (Å²) in [6.45, 7) is 1.44. The summed E-state index contributed by atoms with van der Waals surface area (Å²) in [5.41, 5.74) is 5.81. The monoisotopic (exact) mass is 291 g/mol. The van der Waals surface area contributed by atoms with Crippen LogP contribution in [0.2, 0.25) is 0 Å². The lowest BCUT2D eigenvalue weighted by Crippen LogP contribution is -2.18. The predicted octanol–water partition coefficient (Wildman–Crippen LogP) is 3.46. The lowest BCUT2D eigenvalue weighted by Gasteiger charge is -2.11. The average Bonchev–Trinajstić information content (AvgIpc) is 2.26. The van der Waals surface area contributed by atoms with Crippen LogP contribution in [-0.4, -0.2) is 17.2 Å². The molecule has 19 heavy (non-hydrogen) atoms. The average molecular weight is 291 g/mol. The zero-order valence-electron chi connectivity index (χ0n) is 10.0. The van der Waals surface area contributed by atoms with Gasteiger partial charge < -0.3 is 10.5 Å². The van der Waals surface area contributed by atoms with Crippen LogP contribution in [0, 0.1) is 0 Å². The molecule has 0 heterocycles. The maximum absolute atomic E-state index is 12.1. The van der Waals surface area contributed by atoms with Crippen LogP contribution < -0.4 is 10.5 Å². The molecular formula is C12H12F3NO2S. The van der Waals surface area contributed by atoms with E-state index in [4.69, 9.17) is 5.73 Å². The van der Waals surface area contributed by atoms with Gasteiger partial charge in [0.1, 0.15) is 0 Å². The highest BCUT2D eigenvalue weighted by Gasteiger charge is 2.31. The molecule has 2 N–H and O–H groups in total. The summed E-state index contributed by atoms with van der Waals surface area (Å²) in [6.07, 6.45) is -1.51. The van der Waals surface area contributed by atoms with E-state index in [-0.39, 0.29) is 10.8 Å². The van der Waals surface area contributed by atoms with Crippen molar-refractivity contribution < 1.29 is 22.7 Å². The predicted molar refractivity (Wildman–Crippen MR) is 69.7 cm³/mol. The molecule has 0 unspecified atom stereocenters. The fourth-order valence-electron chi connectivity index (χ4n) is 1.22. The van der Waals surface area contributed by atoms with Gasteiger partial charge in [0.15, 0.2) is 10.9 Å². The number of benzene rings is 1. The molecule has 0 atom stereocenters. The molecule has 0 aliphatic rings. The summed E-state index contributed by atoms with van der Waals surface area (Å²) in [5.74, 6) is 0.0173. The summed E-state index contributed by atoms with van der Waals surface area (Å²) >= 11 is 1.11. The number of carbonyl (C=O) groups is 1. The number of alkyl halides is 3.